The van der Waals surface area contributed by atoms with E-state index >= 15 is 0 Å². The van der Waals surface area contributed by atoms with Crippen LogP contribution in [-0.4, -0.2) is 37.1 Å². The van der Waals surface area contributed by atoms with Crippen LogP contribution in [0.15, 0.2) is 18.5 Å². The minimum Gasteiger partial charge on any atom is -0.384 e. The second-order valence-corrected chi connectivity index (χ2v) is 4.26. The molecule has 0 aromatic carbocycles. The van der Waals surface area contributed by atoms with E-state index < -0.39 is 0 Å². The summed E-state index contributed by atoms with van der Waals surface area (Å²) in [7, 11) is 2.03. The molecule has 1 aromatic rings. The van der Waals surface area contributed by atoms with Crippen molar-refractivity contribution in [2.45, 2.75) is 18.9 Å². The predicted octanol–water partition coefficient (Wildman–Crippen LogP) is 0.981. The van der Waals surface area contributed by atoms with Crippen LogP contribution in [0, 0.1) is 5.41 Å². The number of nitrogens with zero attached hydrogens (tertiary/aromatic N) is 2. The van der Waals surface area contributed by atoms with E-state index in [-0.39, 0.29) is 5.84 Å². The topological polar surface area (TPSA) is 75.2 Å². The zero-order valence-corrected chi connectivity index (χ0v) is 10.0. The van der Waals surface area contributed by atoms with Gasteiger partial charge in [-0.1, -0.05) is 0 Å². The van der Waals surface area contributed by atoms with Gasteiger partial charge in [0.2, 0.25) is 0 Å². The molecule has 0 aliphatic carbocycles. The minimum atomic E-state index is 0.0845. The van der Waals surface area contributed by atoms with Crippen molar-refractivity contribution in [3.8, 4) is 0 Å². The molecule has 3 N–H and O–H groups in total. The van der Waals surface area contributed by atoms with Crippen molar-refractivity contribution in [1.29, 1.82) is 5.41 Å². The molecule has 0 saturated carbocycles. The third-order valence-corrected chi connectivity index (χ3v) is 3.21. The highest BCUT2D eigenvalue weighted by atomic mass is 16.5. The van der Waals surface area contributed by atoms with Crippen molar-refractivity contribution >= 4 is 11.5 Å². The molecule has 2 rings (SSSR count). The highest BCUT2D eigenvalue weighted by Crippen LogP contribution is 2.23. The van der Waals surface area contributed by atoms with Crippen LogP contribution in [0.4, 0.5) is 5.69 Å². The zero-order valence-electron chi connectivity index (χ0n) is 10.0. The Morgan fingerprint density at radius 1 is 1.53 bits per heavy atom. The van der Waals surface area contributed by atoms with Crippen LogP contribution in [-0.2, 0) is 4.74 Å². The normalized spacial score (nSPS) is 16.8. The molecule has 0 bridgehead atoms. The van der Waals surface area contributed by atoms with Crippen LogP contribution < -0.4 is 10.6 Å². The molecule has 0 amide bonds. The molecule has 1 aromatic heterocycles. The van der Waals surface area contributed by atoms with Crippen molar-refractivity contribution in [3.63, 3.8) is 0 Å². The van der Waals surface area contributed by atoms with E-state index in [1.807, 2.05) is 7.05 Å². The first-order valence-electron chi connectivity index (χ1n) is 5.79. The number of hydrogen-bond donors (Lipinski definition) is 2. The monoisotopic (exact) mass is 234 g/mol. The summed E-state index contributed by atoms with van der Waals surface area (Å²) in [6.45, 7) is 1.59. The average Bonchev–Trinajstić information content (AvgIpc) is 2.39. The number of aromatic nitrogens is 1. The van der Waals surface area contributed by atoms with Gasteiger partial charge in [0.15, 0.2) is 0 Å². The summed E-state index contributed by atoms with van der Waals surface area (Å²) in [6, 6.07) is 2.22. The molecule has 17 heavy (non-hydrogen) atoms. The number of amidine groups is 1. The number of anilines is 1. The Kier molecular flexibility index (Phi) is 3.58. The van der Waals surface area contributed by atoms with E-state index in [2.05, 4.69) is 9.88 Å². The maximum atomic E-state index is 7.58. The summed E-state index contributed by atoms with van der Waals surface area (Å²) < 4.78 is 5.35. The van der Waals surface area contributed by atoms with Crippen LogP contribution in [0.2, 0.25) is 0 Å². The largest absolute Gasteiger partial charge is 0.384 e. The fourth-order valence-electron chi connectivity index (χ4n) is 2.16. The summed E-state index contributed by atoms with van der Waals surface area (Å²) in [5.41, 5.74) is 7.25. The summed E-state index contributed by atoms with van der Waals surface area (Å²) >= 11 is 0. The smallest absolute Gasteiger partial charge is 0.125 e. The standard InChI is InChI=1S/C12H18N4O/c1-16(9-3-6-17-7-4-9)11-8-15-5-2-10(11)12(13)14/h2,5,8-9H,3-4,6-7H2,1H3,(H3,13,14). The van der Waals surface area contributed by atoms with Crippen LogP contribution in [0.1, 0.15) is 18.4 Å². The molecule has 0 unspecified atom stereocenters. The van der Waals surface area contributed by atoms with Crippen LogP contribution in [0.3, 0.4) is 0 Å². The molecule has 1 aliphatic rings. The zero-order chi connectivity index (χ0) is 12.3. The lowest BCUT2D eigenvalue weighted by Gasteiger charge is -2.33. The molecule has 92 valence electrons. The van der Waals surface area contributed by atoms with Gasteiger partial charge in [-0.3, -0.25) is 10.4 Å². The van der Waals surface area contributed by atoms with Crippen LogP contribution in [0.25, 0.3) is 0 Å². The summed E-state index contributed by atoms with van der Waals surface area (Å²) in [4.78, 5) is 6.28. The van der Waals surface area contributed by atoms with Gasteiger partial charge in [0.05, 0.1) is 11.9 Å². The Balaban J connectivity index is 2.23. The molecule has 1 fully saturated rings. The van der Waals surface area contributed by atoms with Crippen molar-refractivity contribution in [3.05, 3.63) is 24.0 Å². The molecular formula is C12H18N4O. The third kappa shape index (κ3) is 2.55. The predicted molar refractivity (Wildman–Crippen MR) is 67.5 cm³/mol. The second kappa shape index (κ2) is 5.14. The van der Waals surface area contributed by atoms with E-state index in [9.17, 15) is 0 Å². The number of nitrogens with two attached hydrogens (primary N) is 1. The van der Waals surface area contributed by atoms with Gasteiger partial charge < -0.3 is 15.4 Å². The molecule has 2 heterocycles. The highest BCUT2D eigenvalue weighted by Gasteiger charge is 2.21. The first-order valence-corrected chi connectivity index (χ1v) is 5.79. The fourth-order valence-corrected chi connectivity index (χ4v) is 2.16. The van der Waals surface area contributed by atoms with Gasteiger partial charge in [0.25, 0.3) is 0 Å². The Morgan fingerprint density at radius 3 is 2.88 bits per heavy atom. The lowest BCUT2D eigenvalue weighted by atomic mass is 10.1. The van der Waals surface area contributed by atoms with Crippen LogP contribution in [0.5, 0.6) is 0 Å². The average molecular weight is 234 g/mol. The summed E-state index contributed by atoms with van der Waals surface area (Å²) in [5.74, 6) is 0.0845. The molecule has 0 atom stereocenters. The number of nitrogens with one attached hydrogen (secondary N) is 1. The minimum absolute atomic E-state index is 0.0845. The van der Waals surface area contributed by atoms with E-state index in [1.165, 1.54) is 0 Å². The molecule has 1 saturated heterocycles. The van der Waals surface area contributed by atoms with E-state index in [4.69, 9.17) is 15.9 Å². The van der Waals surface area contributed by atoms with Crippen LogP contribution >= 0.6 is 0 Å². The third-order valence-electron chi connectivity index (χ3n) is 3.21. The Labute approximate surface area is 101 Å². The van der Waals surface area contributed by atoms with Crippen molar-refractivity contribution < 1.29 is 4.74 Å². The number of pyridine rings is 1. The Bertz CT molecular complexity index is 401. The molecule has 5 nitrogen and oxygen atoms in total. The number of ether oxygens (including phenoxy) is 1. The quantitative estimate of drug-likeness (QED) is 0.604. The van der Waals surface area contributed by atoms with Gasteiger partial charge in [-0.25, -0.2) is 0 Å². The van der Waals surface area contributed by atoms with Gasteiger partial charge in [0.1, 0.15) is 5.84 Å². The van der Waals surface area contributed by atoms with Gasteiger partial charge in [-0.05, 0) is 18.9 Å². The lowest BCUT2D eigenvalue weighted by Crippen LogP contribution is -2.37. The van der Waals surface area contributed by atoms with Gasteiger partial charge in [-0.2, -0.15) is 0 Å². The summed E-state index contributed by atoms with van der Waals surface area (Å²) in [5, 5.41) is 7.58. The number of nitrogen functional groups attached to an aromatic ring is 1. The highest BCUT2D eigenvalue weighted by molar-refractivity contribution is 6.00. The van der Waals surface area contributed by atoms with Crippen molar-refractivity contribution in [2.75, 3.05) is 25.2 Å². The van der Waals surface area contributed by atoms with E-state index in [0.29, 0.717) is 6.04 Å². The first-order chi connectivity index (χ1) is 8.20. The van der Waals surface area contributed by atoms with E-state index in [1.54, 1.807) is 18.5 Å². The SMILES string of the molecule is CN(c1cnccc1C(=N)N)C1CCOCC1. The Hall–Kier alpha value is -1.62. The molecular weight excluding hydrogens is 216 g/mol. The number of hydrogen-bond acceptors (Lipinski definition) is 4. The second-order valence-electron chi connectivity index (χ2n) is 4.26. The maximum Gasteiger partial charge on any atom is 0.125 e. The van der Waals surface area contributed by atoms with Gasteiger partial charge >= 0.3 is 0 Å². The first kappa shape index (κ1) is 11.9. The molecule has 5 heteroatoms. The van der Waals surface area contributed by atoms with Crippen molar-refractivity contribution in [1.82, 2.24) is 4.98 Å². The molecule has 1 aliphatic heterocycles. The Morgan fingerprint density at radius 2 is 2.24 bits per heavy atom. The summed E-state index contributed by atoms with van der Waals surface area (Å²) in [6.07, 6.45) is 5.44. The number of rotatable bonds is 3. The molecule has 0 spiro atoms. The lowest BCUT2D eigenvalue weighted by molar-refractivity contribution is 0.0855. The molecule has 0 radical (unpaired) electrons. The van der Waals surface area contributed by atoms with Gasteiger partial charge in [0, 0.05) is 38.1 Å². The van der Waals surface area contributed by atoms with E-state index in [0.717, 1.165) is 37.3 Å². The van der Waals surface area contributed by atoms with Gasteiger partial charge in [-0.15, -0.1) is 0 Å². The van der Waals surface area contributed by atoms with Crippen molar-refractivity contribution in [2.24, 2.45) is 5.73 Å². The maximum absolute atomic E-state index is 7.58. The fraction of sp³-hybridized carbons (Fsp3) is 0.500.